The number of aryl methyl sites for hydroxylation is 1. The molecule has 1 rings (SSSR count). The van der Waals surface area contributed by atoms with Crippen molar-refractivity contribution in [1.29, 1.82) is 0 Å². The summed E-state index contributed by atoms with van der Waals surface area (Å²) in [4.78, 5) is 0.300. The van der Waals surface area contributed by atoms with Gasteiger partial charge in [-0.3, -0.25) is 0 Å². The minimum atomic E-state index is -3.54. The zero-order valence-electron chi connectivity index (χ0n) is 13.5. The number of nitrogens with zero attached hydrogens (tertiary/aromatic N) is 1. The van der Waals surface area contributed by atoms with E-state index in [-0.39, 0.29) is 11.5 Å². The Balaban J connectivity index is 3.38. The Morgan fingerprint density at radius 1 is 1.20 bits per heavy atom. The van der Waals surface area contributed by atoms with E-state index in [4.69, 9.17) is 5.73 Å². The number of sulfonamides is 1. The molecule has 114 valence electrons. The summed E-state index contributed by atoms with van der Waals surface area (Å²) in [6, 6.07) is 3.36. The van der Waals surface area contributed by atoms with E-state index in [1.807, 2.05) is 34.6 Å². The second-order valence-electron chi connectivity index (χ2n) is 6.54. The molecule has 0 aromatic heterocycles. The number of nitrogens with two attached hydrogens (primary N) is 1. The first-order chi connectivity index (χ1) is 8.89. The molecule has 0 bridgehead atoms. The lowest BCUT2D eigenvalue weighted by Gasteiger charge is -2.34. The minimum absolute atomic E-state index is 0.117. The van der Waals surface area contributed by atoms with E-state index in [9.17, 15) is 8.42 Å². The maximum atomic E-state index is 12.8. The van der Waals surface area contributed by atoms with Crippen LogP contribution >= 0.6 is 0 Å². The number of anilines is 1. The average Bonchev–Trinajstić information content (AvgIpc) is 2.30. The van der Waals surface area contributed by atoms with Crippen LogP contribution in [0.25, 0.3) is 0 Å². The van der Waals surface area contributed by atoms with E-state index in [2.05, 4.69) is 0 Å². The highest BCUT2D eigenvalue weighted by atomic mass is 32.2. The Kier molecular flexibility index (Phi) is 4.56. The summed E-state index contributed by atoms with van der Waals surface area (Å²) in [5, 5.41) is 0. The molecule has 20 heavy (non-hydrogen) atoms. The van der Waals surface area contributed by atoms with Crippen LogP contribution in [0.1, 0.15) is 38.8 Å². The Labute approximate surface area is 123 Å². The SMILES string of the molecule is Cc1cc(N)c(C)c(S(=O)(=O)N(C)C(C)C(C)(C)C)c1. The van der Waals surface area contributed by atoms with Crippen LogP contribution in [0.3, 0.4) is 0 Å². The van der Waals surface area contributed by atoms with E-state index in [0.29, 0.717) is 16.1 Å². The van der Waals surface area contributed by atoms with Crippen LogP contribution in [0, 0.1) is 19.3 Å². The average molecular weight is 298 g/mol. The zero-order chi connectivity index (χ0) is 15.9. The predicted molar refractivity (Wildman–Crippen MR) is 84.2 cm³/mol. The molecule has 0 fully saturated rings. The quantitative estimate of drug-likeness (QED) is 0.873. The van der Waals surface area contributed by atoms with Gasteiger partial charge in [-0.15, -0.1) is 0 Å². The van der Waals surface area contributed by atoms with Gasteiger partial charge in [0.1, 0.15) is 0 Å². The second-order valence-corrected chi connectivity index (χ2v) is 8.51. The van der Waals surface area contributed by atoms with Crippen molar-refractivity contribution in [3.05, 3.63) is 23.3 Å². The van der Waals surface area contributed by atoms with Gasteiger partial charge in [-0.05, 0) is 49.4 Å². The standard InChI is InChI=1S/C15H26N2O2S/c1-10-8-13(16)11(2)14(9-10)20(18,19)17(7)12(3)15(4,5)6/h8-9,12H,16H2,1-7H3. The first-order valence-electron chi connectivity index (χ1n) is 6.73. The van der Waals surface area contributed by atoms with Gasteiger partial charge in [0.05, 0.1) is 4.90 Å². The van der Waals surface area contributed by atoms with E-state index in [1.54, 1.807) is 26.1 Å². The molecule has 0 saturated carbocycles. The highest BCUT2D eigenvalue weighted by Crippen LogP contribution is 2.30. The van der Waals surface area contributed by atoms with Crippen molar-refractivity contribution in [2.75, 3.05) is 12.8 Å². The molecular formula is C15H26N2O2S. The molecule has 1 aromatic carbocycles. The van der Waals surface area contributed by atoms with Crippen LogP contribution in [-0.2, 0) is 10.0 Å². The van der Waals surface area contributed by atoms with Crippen molar-refractivity contribution in [2.45, 2.75) is 52.5 Å². The molecule has 0 aliphatic heterocycles. The van der Waals surface area contributed by atoms with Crippen LogP contribution in [-0.4, -0.2) is 25.8 Å². The zero-order valence-corrected chi connectivity index (χ0v) is 14.3. The van der Waals surface area contributed by atoms with Crippen LogP contribution in [0.5, 0.6) is 0 Å². The Morgan fingerprint density at radius 2 is 1.70 bits per heavy atom. The van der Waals surface area contributed by atoms with Gasteiger partial charge >= 0.3 is 0 Å². The smallest absolute Gasteiger partial charge is 0.243 e. The second kappa shape index (κ2) is 5.37. The Morgan fingerprint density at radius 3 is 2.15 bits per heavy atom. The highest BCUT2D eigenvalue weighted by molar-refractivity contribution is 7.89. The third kappa shape index (κ3) is 3.15. The fraction of sp³-hybridized carbons (Fsp3) is 0.600. The molecule has 0 heterocycles. The molecule has 0 spiro atoms. The minimum Gasteiger partial charge on any atom is -0.398 e. The summed E-state index contributed by atoms with van der Waals surface area (Å²) in [5.41, 5.74) is 7.74. The van der Waals surface area contributed by atoms with Crippen molar-refractivity contribution in [1.82, 2.24) is 4.31 Å². The normalized spacial score (nSPS) is 14.6. The monoisotopic (exact) mass is 298 g/mol. The number of nitrogen functional groups attached to an aromatic ring is 1. The van der Waals surface area contributed by atoms with Gasteiger partial charge in [-0.25, -0.2) is 8.42 Å². The lowest BCUT2D eigenvalue weighted by Crippen LogP contribution is -2.43. The van der Waals surface area contributed by atoms with Gasteiger partial charge in [0, 0.05) is 18.8 Å². The number of rotatable bonds is 3. The largest absolute Gasteiger partial charge is 0.398 e. The predicted octanol–water partition coefficient (Wildman–Crippen LogP) is 2.94. The third-order valence-corrected chi connectivity index (χ3v) is 6.05. The first-order valence-corrected chi connectivity index (χ1v) is 8.17. The molecule has 0 aliphatic carbocycles. The lowest BCUT2D eigenvalue weighted by atomic mass is 9.88. The van der Waals surface area contributed by atoms with Crippen LogP contribution in [0.4, 0.5) is 5.69 Å². The van der Waals surface area contributed by atoms with Crippen LogP contribution in [0.2, 0.25) is 0 Å². The van der Waals surface area contributed by atoms with E-state index >= 15 is 0 Å². The van der Waals surface area contributed by atoms with Crippen molar-refractivity contribution >= 4 is 15.7 Å². The van der Waals surface area contributed by atoms with E-state index in [1.165, 1.54) is 4.31 Å². The fourth-order valence-corrected chi connectivity index (χ4v) is 3.91. The molecule has 1 atom stereocenters. The van der Waals surface area contributed by atoms with E-state index < -0.39 is 10.0 Å². The van der Waals surface area contributed by atoms with Crippen LogP contribution in [0.15, 0.2) is 17.0 Å². The molecule has 1 aromatic rings. The summed E-state index contributed by atoms with van der Waals surface area (Å²) < 4.78 is 27.1. The molecule has 0 saturated heterocycles. The molecule has 4 nitrogen and oxygen atoms in total. The van der Waals surface area contributed by atoms with Crippen molar-refractivity contribution in [2.24, 2.45) is 5.41 Å². The molecule has 0 radical (unpaired) electrons. The molecule has 0 amide bonds. The fourth-order valence-electron chi connectivity index (χ4n) is 2.03. The molecule has 0 aliphatic rings. The lowest BCUT2D eigenvalue weighted by molar-refractivity contribution is 0.216. The van der Waals surface area contributed by atoms with Gasteiger partial charge in [0.15, 0.2) is 0 Å². The van der Waals surface area contributed by atoms with Gasteiger partial charge in [-0.1, -0.05) is 20.8 Å². The molecule has 1 unspecified atom stereocenters. The molecule has 5 heteroatoms. The summed E-state index contributed by atoms with van der Waals surface area (Å²) in [7, 11) is -1.92. The number of benzene rings is 1. The number of hydrogen-bond donors (Lipinski definition) is 1. The van der Waals surface area contributed by atoms with Crippen molar-refractivity contribution in [3.8, 4) is 0 Å². The molecule has 2 N–H and O–H groups in total. The topological polar surface area (TPSA) is 63.4 Å². The van der Waals surface area contributed by atoms with Crippen molar-refractivity contribution in [3.63, 3.8) is 0 Å². The summed E-state index contributed by atoms with van der Waals surface area (Å²) >= 11 is 0. The summed E-state index contributed by atoms with van der Waals surface area (Å²) in [6.07, 6.45) is 0. The maximum Gasteiger partial charge on any atom is 0.243 e. The summed E-state index contributed by atoms with van der Waals surface area (Å²) in [6.45, 7) is 11.6. The first kappa shape index (κ1) is 17.0. The van der Waals surface area contributed by atoms with Crippen LogP contribution < -0.4 is 5.73 Å². The van der Waals surface area contributed by atoms with Gasteiger partial charge in [0.25, 0.3) is 0 Å². The summed E-state index contributed by atoms with van der Waals surface area (Å²) in [5.74, 6) is 0. The van der Waals surface area contributed by atoms with Gasteiger partial charge in [-0.2, -0.15) is 4.31 Å². The molecular weight excluding hydrogens is 272 g/mol. The Hall–Kier alpha value is -1.07. The number of hydrogen-bond acceptors (Lipinski definition) is 3. The maximum absolute atomic E-state index is 12.8. The van der Waals surface area contributed by atoms with E-state index in [0.717, 1.165) is 5.56 Å². The Bertz CT molecular complexity index is 601. The third-order valence-electron chi connectivity index (χ3n) is 4.00. The van der Waals surface area contributed by atoms with Crippen molar-refractivity contribution < 1.29 is 8.42 Å². The van der Waals surface area contributed by atoms with Gasteiger partial charge < -0.3 is 5.73 Å². The van der Waals surface area contributed by atoms with Gasteiger partial charge in [0.2, 0.25) is 10.0 Å². The highest BCUT2D eigenvalue weighted by Gasteiger charge is 2.33.